The van der Waals surface area contributed by atoms with Crippen LogP contribution >= 0.6 is 15.9 Å². The van der Waals surface area contributed by atoms with Crippen LogP contribution in [0.3, 0.4) is 0 Å². The first-order valence-corrected chi connectivity index (χ1v) is 13.1. The number of benzene rings is 3. The molecule has 0 aromatic heterocycles. The normalized spacial score (nSPS) is 19.3. The van der Waals surface area contributed by atoms with E-state index in [9.17, 15) is 23.6 Å². The highest BCUT2D eigenvalue weighted by Gasteiger charge is 2.52. The van der Waals surface area contributed by atoms with E-state index in [-0.39, 0.29) is 31.2 Å². The predicted molar refractivity (Wildman–Crippen MR) is 142 cm³/mol. The molecule has 0 bridgehead atoms. The van der Waals surface area contributed by atoms with Crippen LogP contribution in [0.4, 0.5) is 4.39 Å². The molecular formula is C29H25BrFN3O4. The Morgan fingerprint density at radius 1 is 0.947 bits per heavy atom. The molecule has 3 aromatic rings. The minimum atomic E-state index is -1.03. The van der Waals surface area contributed by atoms with E-state index >= 15 is 0 Å². The second-order valence-corrected chi connectivity index (χ2v) is 10.4. The number of hydrogen-bond acceptors (Lipinski definition) is 4. The number of nitrogens with one attached hydrogen (secondary N) is 1. The summed E-state index contributed by atoms with van der Waals surface area (Å²) in [6.45, 7) is 0.191. The predicted octanol–water partition coefficient (Wildman–Crippen LogP) is 3.62. The molecule has 1 unspecified atom stereocenters. The van der Waals surface area contributed by atoms with Crippen molar-refractivity contribution in [1.29, 1.82) is 0 Å². The number of fused-ring (bicyclic) bond motifs is 1. The number of amides is 3. The van der Waals surface area contributed by atoms with Crippen molar-refractivity contribution in [3.8, 4) is 0 Å². The second kappa shape index (κ2) is 10.9. The molecule has 0 radical (unpaired) electrons. The number of ketones is 1. The summed E-state index contributed by atoms with van der Waals surface area (Å²) in [6, 6.07) is 19.1. The molecule has 2 heterocycles. The molecule has 0 aliphatic carbocycles. The van der Waals surface area contributed by atoms with Crippen LogP contribution in [0.1, 0.15) is 32.7 Å². The maximum absolute atomic E-state index is 13.9. The summed E-state index contributed by atoms with van der Waals surface area (Å²) in [7, 11) is 0. The maximum atomic E-state index is 13.9. The topological polar surface area (TPSA) is 86.8 Å². The van der Waals surface area contributed by atoms with Gasteiger partial charge in [0.25, 0.3) is 11.8 Å². The average molecular weight is 578 g/mol. The van der Waals surface area contributed by atoms with E-state index in [0.717, 1.165) is 0 Å². The fourth-order valence-electron chi connectivity index (χ4n) is 5.26. The largest absolute Gasteiger partial charge is 0.340 e. The number of carbonyl (C=O) groups is 4. The van der Waals surface area contributed by atoms with Crippen molar-refractivity contribution in [2.24, 2.45) is 0 Å². The second-order valence-electron chi connectivity index (χ2n) is 9.47. The van der Waals surface area contributed by atoms with Gasteiger partial charge in [-0.05, 0) is 54.4 Å². The smallest absolute Gasteiger partial charge is 0.254 e. The molecule has 1 N–H and O–H groups in total. The number of Topliss-reactive ketones (excluding diaryl/α,β-unsaturated/α-hetero) is 1. The summed E-state index contributed by atoms with van der Waals surface area (Å²) >= 11 is 3.35. The molecule has 3 amide bonds. The van der Waals surface area contributed by atoms with Gasteiger partial charge in [-0.2, -0.15) is 0 Å². The fourth-order valence-corrected chi connectivity index (χ4v) is 5.66. The van der Waals surface area contributed by atoms with Crippen molar-refractivity contribution in [2.45, 2.75) is 31.0 Å². The quantitative estimate of drug-likeness (QED) is 0.485. The zero-order valence-electron chi connectivity index (χ0n) is 20.3. The summed E-state index contributed by atoms with van der Waals surface area (Å²) in [5.74, 6) is -1.81. The van der Waals surface area contributed by atoms with Gasteiger partial charge in [-0.1, -0.05) is 52.3 Å². The number of carbonyl (C=O) groups excluding carboxylic acids is 4. The van der Waals surface area contributed by atoms with Gasteiger partial charge < -0.3 is 15.1 Å². The molecule has 2 aliphatic rings. The van der Waals surface area contributed by atoms with Crippen LogP contribution in [-0.2, 0) is 16.0 Å². The maximum Gasteiger partial charge on any atom is 0.254 e. The molecule has 7 nitrogen and oxygen atoms in total. The van der Waals surface area contributed by atoms with Crippen molar-refractivity contribution < 1.29 is 23.6 Å². The van der Waals surface area contributed by atoms with Crippen LogP contribution in [0.5, 0.6) is 0 Å². The molecule has 2 aliphatic heterocycles. The summed E-state index contributed by atoms with van der Waals surface area (Å²) < 4.78 is 14.6. The highest BCUT2D eigenvalue weighted by atomic mass is 79.9. The first-order chi connectivity index (χ1) is 18.3. The standard InChI is InChI=1S/C29H25BrFN3O4/c30-21-10-5-9-20(16-21)27(36)32-23(15-18-6-4-11-22(31)14-18)29(38)33-13-12-24-26(33)25(35)17-34(24)28(37)19-7-2-1-3-8-19/h1-11,14,16,23-24,26H,12-13,15,17H2,(H,32,36)/t23-,24?,26-/m0/s1. The molecule has 194 valence electrons. The van der Waals surface area contributed by atoms with Gasteiger partial charge in [0.05, 0.1) is 12.6 Å². The third kappa shape index (κ3) is 5.24. The minimum Gasteiger partial charge on any atom is -0.340 e. The highest BCUT2D eigenvalue weighted by molar-refractivity contribution is 9.10. The Kier molecular flexibility index (Phi) is 7.37. The van der Waals surface area contributed by atoms with Gasteiger partial charge in [-0.25, -0.2) is 4.39 Å². The average Bonchev–Trinajstić information content (AvgIpc) is 3.49. The van der Waals surface area contributed by atoms with Crippen LogP contribution in [0, 0.1) is 5.82 Å². The van der Waals surface area contributed by atoms with Gasteiger partial charge in [0.15, 0.2) is 5.78 Å². The molecule has 38 heavy (non-hydrogen) atoms. The van der Waals surface area contributed by atoms with E-state index in [2.05, 4.69) is 21.2 Å². The third-order valence-electron chi connectivity index (χ3n) is 7.01. The molecule has 3 aromatic carbocycles. The number of likely N-dealkylation sites (tertiary alicyclic amines) is 2. The van der Waals surface area contributed by atoms with Crippen LogP contribution in [0.2, 0.25) is 0 Å². The first-order valence-electron chi connectivity index (χ1n) is 12.3. The molecule has 3 atom stereocenters. The summed E-state index contributed by atoms with van der Waals surface area (Å²) in [4.78, 5) is 56.2. The lowest BCUT2D eigenvalue weighted by atomic mass is 10.0. The summed E-state index contributed by atoms with van der Waals surface area (Å²) in [5.41, 5.74) is 1.37. The molecular weight excluding hydrogens is 553 g/mol. The Balaban J connectivity index is 1.39. The zero-order chi connectivity index (χ0) is 26.8. The molecule has 9 heteroatoms. The van der Waals surface area contributed by atoms with E-state index in [1.165, 1.54) is 21.9 Å². The fraction of sp³-hybridized carbons (Fsp3) is 0.241. The van der Waals surface area contributed by atoms with Gasteiger partial charge in [0.1, 0.15) is 17.9 Å². The highest BCUT2D eigenvalue weighted by Crippen LogP contribution is 2.31. The number of rotatable bonds is 6. The Morgan fingerprint density at radius 3 is 2.42 bits per heavy atom. The van der Waals surface area contributed by atoms with Crippen molar-refractivity contribution in [1.82, 2.24) is 15.1 Å². The summed E-state index contributed by atoms with van der Waals surface area (Å²) in [5, 5.41) is 2.79. The van der Waals surface area contributed by atoms with E-state index < -0.39 is 35.8 Å². The van der Waals surface area contributed by atoms with Gasteiger partial charge >= 0.3 is 0 Å². The van der Waals surface area contributed by atoms with Crippen molar-refractivity contribution in [2.75, 3.05) is 13.1 Å². The molecule has 0 saturated carbocycles. The van der Waals surface area contributed by atoms with E-state index in [0.29, 0.717) is 27.6 Å². The van der Waals surface area contributed by atoms with E-state index in [1.807, 2.05) is 6.07 Å². The lowest BCUT2D eigenvalue weighted by molar-refractivity contribution is -0.138. The number of nitrogens with zero attached hydrogens (tertiary/aromatic N) is 2. The Morgan fingerprint density at radius 2 is 1.68 bits per heavy atom. The van der Waals surface area contributed by atoms with Gasteiger partial charge in [-0.15, -0.1) is 0 Å². The van der Waals surface area contributed by atoms with Crippen LogP contribution in [-0.4, -0.2) is 64.5 Å². The van der Waals surface area contributed by atoms with Crippen molar-refractivity contribution >= 4 is 39.4 Å². The molecule has 5 rings (SSSR count). The minimum absolute atomic E-state index is 0.0467. The Hall–Kier alpha value is -3.85. The first kappa shape index (κ1) is 25.8. The number of halogens is 2. The van der Waals surface area contributed by atoms with Gasteiger partial charge in [0.2, 0.25) is 5.91 Å². The monoisotopic (exact) mass is 577 g/mol. The zero-order valence-corrected chi connectivity index (χ0v) is 21.9. The molecule has 2 fully saturated rings. The SMILES string of the molecule is O=C(N[C@@H](Cc1cccc(F)c1)C(=O)N1CCC2[C@H]1C(=O)CN2C(=O)c1ccccc1)c1cccc(Br)c1. The lowest BCUT2D eigenvalue weighted by Gasteiger charge is -2.28. The van der Waals surface area contributed by atoms with Crippen LogP contribution in [0.15, 0.2) is 83.3 Å². The van der Waals surface area contributed by atoms with E-state index in [1.54, 1.807) is 60.7 Å². The number of hydrogen-bond donors (Lipinski definition) is 1. The summed E-state index contributed by atoms with van der Waals surface area (Å²) in [6.07, 6.45) is 0.498. The molecule has 2 saturated heterocycles. The van der Waals surface area contributed by atoms with Gasteiger partial charge in [0, 0.05) is 28.6 Å². The van der Waals surface area contributed by atoms with Crippen LogP contribution in [0.25, 0.3) is 0 Å². The van der Waals surface area contributed by atoms with E-state index in [4.69, 9.17) is 0 Å². The third-order valence-corrected chi connectivity index (χ3v) is 7.50. The Labute approximate surface area is 227 Å². The van der Waals surface area contributed by atoms with Gasteiger partial charge in [-0.3, -0.25) is 19.2 Å². The van der Waals surface area contributed by atoms with Crippen LogP contribution < -0.4 is 5.32 Å². The molecule has 0 spiro atoms. The van der Waals surface area contributed by atoms with Crippen molar-refractivity contribution in [3.05, 3.63) is 106 Å². The van der Waals surface area contributed by atoms with Crippen molar-refractivity contribution in [3.63, 3.8) is 0 Å². The Bertz CT molecular complexity index is 1400. The lowest BCUT2D eigenvalue weighted by Crippen LogP contribution is -2.53.